The topological polar surface area (TPSA) is 49.8 Å². The summed E-state index contributed by atoms with van der Waals surface area (Å²) in [6.07, 6.45) is 4.73. The van der Waals surface area contributed by atoms with E-state index in [-0.39, 0.29) is 0 Å². The summed E-state index contributed by atoms with van der Waals surface area (Å²) in [6, 6.07) is 7.25. The van der Waals surface area contributed by atoms with Crippen molar-refractivity contribution in [2.75, 3.05) is 0 Å². The van der Waals surface area contributed by atoms with E-state index in [9.17, 15) is 5.26 Å². The van der Waals surface area contributed by atoms with Crippen molar-refractivity contribution in [3.8, 4) is 6.07 Å². The predicted molar refractivity (Wildman–Crippen MR) is 68.9 cm³/mol. The molecule has 5 heteroatoms. The van der Waals surface area contributed by atoms with Crippen LogP contribution in [0.2, 0.25) is 0 Å². The van der Waals surface area contributed by atoms with Crippen LogP contribution in [0.1, 0.15) is 11.1 Å². The third kappa shape index (κ3) is 2.41. The Kier molecular flexibility index (Phi) is 3.62. The van der Waals surface area contributed by atoms with Crippen LogP contribution in [-0.4, -0.2) is 4.98 Å². The summed E-state index contributed by atoms with van der Waals surface area (Å²) >= 11 is 9.43. The van der Waals surface area contributed by atoms with Gasteiger partial charge < -0.3 is 4.42 Å². The largest absolute Gasteiger partial charge is 0.457 e. The van der Waals surface area contributed by atoms with Gasteiger partial charge >= 0.3 is 0 Å². The quantitative estimate of drug-likeness (QED) is 0.786. The maximum absolute atomic E-state index is 9.18. The first-order chi connectivity index (χ1) is 8.24. The van der Waals surface area contributed by atoms with Gasteiger partial charge in [-0.1, -0.05) is 11.6 Å². The molecule has 84 valence electrons. The van der Waals surface area contributed by atoms with Gasteiger partial charge in [-0.05, 0) is 39.7 Å². The molecule has 2 rings (SSSR count). The molecule has 0 saturated heterocycles. The molecule has 0 unspecified atom stereocenters. The number of furan rings is 1. The lowest BCUT2D eigenvalue weighted by molar-refractivity contribution is 0.540. The monoisotopic (exact) mass is 308 g/mol. The third-order valence-electron chi connectivity index (χ3n) is 2.15. The van der Waals surface area contributed by atoms with Gasteiger partial charge in [0, 0.05) is 18.0 Å². The zero-order valence-corrected chi connectivity index (χ0v) is 10.9. The number of hydrogen-bond donors (Lipinski definition) is 0. The number of nitriles is 1. The molecular weight excluding hydrogens is 304 g/mol. The van der Waals surface area contributed by atoms with Crippen molar-refractivity contribution in [2.24, 2.45) is 0 Å². The first-order valence-corrected chi connectivity index (χ1v) is 5.84. The lowest BCUT2D eigenvalue weighted by Crippen LogP contribution is -1.85. The SMILES string of the molecule is N#C/C(=C(/Cl)c1ccoc1Br)c1ccncc1. The van der Waals surface area contributed by atoms with Gasteiger partial charge in [0.2, 0.25) is 0 Å². The lowest BCUT2D eigenvalue weighted by Gasteiger charge is -2.02. The number of halogens is 2. The van der Waals surface area contributed by atoms with Crippen LogP contribution in [0.5, 0.6) is 0 Å². The Labute approximate surface area is 111 Å². The minimum atomic E-state index is 0.347. The zero-order valence-electron chi connectivity index (χ0n) is 8.52. The van der Waals surface area contributed by atoms with Gasteiger partial charge in [0.25, 0.3) is 0 Å². The Balaban J connectivity index is 2.57. The van der Waals surface area contributed by atoms with Gasteiger partial charge in [0.15, 0.2) is 4.67 Å². The average Bonchev–Trinajstić information content (AvgIpc) is 2.77. The van der Waals surface area contributed by atoms with Crippen molar-refractivity contribution in [3.05, 3.63) is 52.7 Å². The van der Waals surface area contributed by atoms with Crippen molar-refractivity contribution in [3.63, 3.8) is 0 Å². The van der Waals surface area contributed by atoms with Crippen LogP contribution in [0.25, 0.3) is 10.6 Å². The molecule has 0 spiro atoms. The van der Waals surface area contributed by atoms with Crippen molar-refractivity contribution in [2.45, 2.75) is 0 Å². The molecule has 0 amide bonds. The third-order valence-corrected chi connectivity index (χ3v) is 3.16. The molecule has 2 aromatic heterocycles. The minimum absolute atomic E-state index is 0.347. The Morgan fingerprint density at radius 1 is 1.35 bits per heavy atom. The van der Waals surface area contributed by atoms with Crippen molar-refractivity contribution < 1.29 is 4.42 Å². The van der Waals surface area contributed by atoms with Crippen molar-refractivity contribution >= 4 is 38.1 Å². The summed E-state index contributed by atoms with van der Waals surface area (Å²) in [4.78, 5) is 3.90. The summed E-state index contributed by atoms with van der Waals surface area (Å²) in [5.41, 5.74) is 1.76. The van der Waals surface area contributed by atoms with Crippen LogP contribution in [0, 0.1) is 11.3 Å². The maximum atomic E-state index is 9.18. The Morgan fingerprint density at radius 3 is 2.59 bits per heavy atom. The van der Waals surface area contributed by atoms with Gasteiger partial charge in [0.05, 0.1) is 16.9 Å². The molecule has 0 bridgehead atoms. The second-order valence-corrected chi connectivity index (χ2v) is 4.24. The van der Waals surface area contributed by atoms with E-state index in [2.05, 4.69) is 27.0 Å². The number of allylic oxidation sites excluding steroid dienone is 1. The molecule has 0 saturated carbocycles. The summed E-state index contributed by atoms with van der Waals surface area (Å²) in [6.45, 7) is 0. The molecule has 0 radical (unpaired) electrons. The van der Waals surface area contributed by atoms with Gasteiger partial charge in [-0.3, -0.25) is 4.98 Å². The fourth-order valence-corrected chi connectivity index (χ4v) is 2.20. The highest BCUT2D eigenvalue weighted by atomic mass is 79.9. The zero-order chi connectivity index (χ0) is 12.3. The van der Waals surface area contributed by atoms with Gasteiger partial charge in [-0.25, -0.2) is 0 Å². The number of rotatable bonds is 2. The molecule has 3 nitrogen and oxygen atoms in total. The fourth-order valence-electron chi connectivity index (χ4n) is 1.34. The number of nitrogens with zero attached hydrogens (tertiary/aromatic N) is 2. The predicted octanol–water partition coefficient (Wildman–Crippen LogP) is 4.07. The summed E-state index contributed by atoms with van der Waals surface area (Å²) in [5.74, 6) is 0. The first kappa shape index (κ1) is 11.9. The highest BCUT2D eigenvalue weighted by molar-refractivity contribution is 9.10. The number of aromatic nitrogens is 1. The number of pyridine rings is 1. The summed E-state index contributed by atoms with van der Waals surface area (Å²) < 4.78 is 5.60. The highest BCUT2D eigenvalue weighted by Crippen LogP contribution is 2.33. The lowest BCUT2D eigenvalue weighted by atomic mass is 10.1. The molecule has 0 aromatic carbocycles. The Bertz CT molecular complexity index is 598. The molecule has 0 aliphatic rings. The maximum Gasteiger partial charge on any atom is 0.177 e. The van der Waals surface area contributed by atoms with Crippen LogP contribution < -0.4 is 0 Å². The minimum Gasteiger partial charge on any atom is -0.457 e. The van der Waals surface area contributed by atoms with Crippen molar-refractivity contribution in [1.29, 1.82) is 5.26 Å². The summed E-state index contributed by atoms with van der Waals surface area (Å²) in [7, 11) is 0. The van der Waals surface area contributed by atoms with E-state index < -0.39 is 0 Å². The average molecular weight is 310 g/mol. The standard InChI is InChI=1S/C12H6BrClN2O/c13-12-9(3-6-17-12)11(14)10(7-15)8-1-4-16-5-2-8/h1-6H/b11-10-. The van der Waals surface area contributed by atoms with E-state index in [1.807, 2.05) is 0 Å². The second-order valence-electron chi connectivity index (χ2n) is 3.14. The van der Waals surface area contributed by atoms with Gasteiger partial charge in [0.1, 0.15) is 6.07 Å². The molecule has 2 heterocycles. The van der Waals surface area contributed by atoms with Crippen LogP contribution in [0.3, 0.4) is 0 Å². The van der Waals surface area contributed by atoms with E-state index in [0.29, 0.717) is 20.8 Å². The van der Waals surface area contributed by atoms with Gasteiger partial charge in [-0.15, -0.1) is 0 Å². The normalized spacial score (nSPS) is 11.8. The smallest absolute Gasteiger partial charge is 0.177 e. The van der Waals surface area contributed by atoms with E-state index in [1.165, 1.54) is 6.26 Å². The van der Waals surface area contributed by atoms with Gasteiger partial charge in [-0.2, -0.15) is 5.26 Å². The van der Waals surface area contributed by atoms with Crippen molar-refractivity contribution in [1.82, 2.24) is 4.98 Å². The van der Waals surface area contributed by atoms with Crippen LogP contribution in [0.4, 0.5) is 0 Å². The van der Waals surface area contributed by atoms with Crippen LogP contribution >= 0.6 is 27.5 Å². The van der Waals surface area contributed by atoms with E-state index in [1.54, 1.807) is 30.6 Å². The molecule has 0 atom stereocenters. The Hall–Kier alpha value is -1.57. The molecular formula is C12H6BrClN2O. The molecule has 0 fully saturated rings. The molecule has 17 heavy (non-hydrogen) atoms. The highest BCUT2D eigenvalue weighted by Gasteiger charge is 2.13. The molecule has 0 N–H and O–H groups in total. The van der Waals surface area contributed by atoms with E-state index in [0.717, 1.165) is 5.56 Å². The molecule has 0 aliphatic carbocycles. The Morgan fingerprint density at radius 2 is 2.06 bits per heavy atom. The fraction of sp³-hybridized carbons (Fsp3) is 0. The second kappa shape index (κ2) is 5.17. The molecule has 0 aliphatic heterocycles. The first-order valence-electron chi connectivity index (χ1n) is 4.67. The van der Waals surface area contributed by atoms with E-state index in [4.69, 9.17) is 16.0 Å². The van der Waals surface area contributed by atoms with Crippen LogP contribution in [-0.2, 0) is 0 Å². The van der Waals surface area contributed by atoms with E-state index >= 15 is 0 Å². The number of hydrogen-bond acceptors (Lipinski definition) is 3. The summed E-state index contributed by atoms with van der Waals surface area (Å²) in [5, 5.41) is 9.53. The molecule has 2 aromatic rings. The van der Waals surface area contributed by atoms with Crippen LogP contribution in [0.15, 0.2) is 45.9 Å².